The summed E-state index contributed by atoms with van der Waals surface area (Å²) in [6, 6.07) is 0. The van der Waals surface area contributed by atoms with Crippen LogP contribution in [0.1, 0.15) is 51.9 Å². The third-order valence-corrected chi connectivity index (χ3v) is 4.36. The molecule has 3 nitrogen and oxygen atoms in total. The van der Waals surface area contributed by atoms with Crippen LogP contribution >= 0.6 is 0 Å². The number of carbonyl (C=O) groups is 1. The van der Waals surface area contributed by atoms with Gasteiger partial charge in [0.15, 0.2) is 0 Å². The molecule has 1 amide bonds. The lowest BCUT2D eigenvalue weighted by Gasteiger charge is -2.42. The van der Waals surface area contributed by atoms with E-state index in [1.165, 1.54) is 19.3 Å². The molecule has 15 heavy (non-hydrogen) atoms. The summed E-state index contributed by atoms with van der Waals surface area (Å²) >= 11 is 0. The van der Waals surface area contributed by atoms with E-state index in [4.69, 9.17) is 4.74 Å². The first-order valence-electron chi connectivity index (χ1n) is 6.14. The number of fused-ring (bicyclic) bond motifs is 2. The Balaban J connectivity index is 1.94. The second kappa shape index (κ2) is 2.97. The molecule has 2 aliphatic heterocycles. The van der Waals surface area contributed by atoms with Crippen molar-refractivity contribution in [3.63, 3.8) is 0 Å². The summed E-state index contributed by atoms with van der Waals surface area (Å²) in [4.78, 5) is 14.1. The van der Waals surface area contributed by atoms with E-state index >= 15 is 0 Å². The standard InChI is InChI=1S/C12H19NO2/c1-11-8-5-10(14)13(11)12(15-9-11)6-3-2-4-7-12/h2-9H2,1H3. The van der Waals surface area contributed by atoms with Crippen LogP contribution in [-0.2, 0) is 9.53 Å². The van der Waals surface area contributed by atoms with Crippen molar-refractivity contribution < 1.29 is 9.53 Å². The van der Waals surface area contributed by atoms with Crippen molar-refractivity contribution in [3.05, 3.63) is 0 Å². The molecule has 1 aliphatic carbocycles. The summed E-state index contributed by atoms with van der Waals surface area (Å²) in [5.74, 6) is 0.317. The molecular weight excluding hydrogens is 190 g/mol. The Morgan fingerprint density at radius 3 is 2.67 bits per heavy atom. The first-order chi connectivity index (χ1) is 7.16. The Bertz CT molecular complexity index is 296. The Labute approximate surface area is 90.8 Å². The second-order valence-corrected chi connectivity index (χ2v) is 5.52. The van der Waals surface area contributed by atoms with Gasteiger partial charge in [-0.25, -0.2) is 0 Å². The highest BCUT2D eigenvalue weighted by atomic mass is 16.5. The van der Waals surface area contributed by atoms with Crippen molar-refractivity contribution in [1.82, 2.24) is 4.90 Å². The van der Waals surface area contributed by atoms with E-state index in [0.717, 1.165) is 32.3 Å². The first kappa shape index (κ1) is 9.64. The van der Waals surface area contributed by atoms with Crippen molar-refractivity contribution in [2.24, 2.45) is 0 Å². The average Bonchev–Trinajstić information content (AvgIpc) is 2.68. The molecule has 0 aromatic carbocycles. The fraction of sp³-hybridized carbons (Fsp3) is 0.917. The average molecular weight is 209 g/mol. The van der Waals surface area contributed by atoms with Gasteiger partial charge in [0.25, 0.3) is 0 Å². The number of hydrogen-bond donors (Lipinski definition) is 0. The smallest absolute Gasteiger partial charge is 0.225 e. The van der Waals surface area contributed by atoms with E-state index in [0.29, 0.717) is 5.91 Å². The van der Waals surface area contributed by atoms with Crippen LogP contribution in [0.3, 0.4) is 0 Å². The predicted molar refractivity (Wildman–Crippen MR) is 56.3 cm³/mol. The number of carbonyl (C=O) groups excluding carboxylic acids is 1. The number of hydrogen-bond acceptors (Lipinski definition) is 2. The topological polar surface area (TPSA) is 29.5 Å². The van der Waals surface area contributed by atoms with Gasteiger partial charge in [0, 0.05) is 6.42 Å². The maximum Gasteiger partial charge on any atom is 0.225 e. The molecule has 3 aliphatic rings. The fourth-order valence-electron chi connectivity index (χ4n) is 3.58. The molecular formula is C12H19NO2. The maximum absolute atomic E-state index is 12.0. The van der Waals surface area contributed by atoms with Crippen molar-refractivity contribution in [1.29, 1.82) is 0 Å². The molecule has 1 saturated carbocycles. The Kier molecular flexibility index (Phi) is 1.91. The van der Waals surface area contributed by atoms with Crippen molar-refractivity contribution in [3.8, 4) is 0 Å². The van der Waals surface area contributed by atoms with Crippen molar-refractivity contribution in [2.75, 3.05) is 6.61 Å². The largest absolute Gasteiger partial charge is 0.353 e. The second-order valence-electron chi connectivity index (χ2n) is 5.52. The number of amides is 1. The molecule has 84 valence electrons. The monoisotopic (exact) mass is 209 g/mol. The van der Waals surface area contributed by atoms with Gasteiger partial charge in [0.1, 0.15) is 5.72 Å². The SMILES string of the molecule is CC12CCC(=O)N1C1(CCCCC1)OC2. The predicted octanol–water partition coefficient (Wildman–Crippen LogP) is 2.06. The summed E-state index contributed by atoms with van der Waals surface area (Å²) in [6.45, 7) is 2.93. The third-order valence-electron chi connectivity index (χ3n) is 4.36. The highest BCUT2D eigenvalue weighted by Gasteiger charge is 2.58. The van der Waals surface area contributed by atoms with E-state index in [2.05, 4.69) is 11.8 Å². The van der Waals surface area contributed by atoms with Gasteiger partial charge >= 0.3 is 0 Å². The van der Waals surface area contributed by atoms with Gasteiger partial charge in [-0.2, -0.15) is 0 Å². The molecule has 1 atom stereocenters. The zero-order valence-electron chi connectivity index (χ0n) is 9.42. The zero-order valence-corrected chi connectivity index (χ0v) is 9.42. The van der Waals surface area contributed by atoms with Crippen LogP contribution in [0.2, 0.25) is 0 Å². The minimum Gasteiger partial charge on any atom is -0.353 e. The lowest BCUT2D eigenvalue weighted by molar-refractivity contribution is -0.154. The molecule has 3 fully saturated rings. The van der Waals surface area contributed by atoms with Gasteiger partial charge in [-0.1, -0.05) is 6.42 Å². The summed E-state index contributed by atoms with van der Waals surface area (Å²) in [6.07, 6.45) is 7.52. The van der Waals surface area contributed by atoms with Gasteiger partial charge in [0.05, 0.1) is 12.1 Å². The molecule has 2 saturated heterocycles. The van der Waals surface area contributed by atoms with E-state index in [1.54, 1.807) is 0 Å². The molecule has 1 unspecified atom stereocenters. The molecule has 3 rings (SSSR count). The van der Waals surface area contributed by atoms with Crippen LogP contribution in [0.4, 0.5) is 0 Å². The summed E-state index contributed by atoms with van der Waals surface area (Å²) in [5.41, 5.74) is -0.199. The quantitative estimate of drug-likeness (QED) is 0.611. The van der Waals surface area contributed by atoms with E-state index < -0.39 is 0 Å². The van der Waals surface area contributed by atoms with Gasteiger partial charge in [-0.15, -0.1) is 0 Å². The molecule has 0 aromatic heterocycles. The number of nitrogens with zero attached hydrogens (tertiary/aromatic N) is 1. The van der Waals surface area contributed by atoms with E-state index in [1.807, 2.05) is 0 Å². The minimum absolute atomic E-state index is 0.00836. The number of ether oxygens (including phenoxy) is 1. The molecule has 0 N–H and O–H groups in total. The Morgan fingerprint density at radius 1 is 1.20 bits per heavy atom. The highest BCUT2D eigenvalue weighted by molar-refractivity contribution is 5.80. The van der Waals surface area contributed by atoms with Gasteiger partial charge in [-0.3, -0.25) is 4.79 Å². The van der Waals surface area contributed by atoms with Crippen molar-refractivity contribution in [2.45, 2.75) is 63.1 Å². The maximum atomic E-state index is 12.0. The third kappa shape index (κ3) is 1.19. The lowest BCUT2D eigenvalue weighted by Crippen LogP contribution is -2.53. The fourth-order valence-corrected chi connectivity index (χ4v) is 3.58. The van der Waals surface area contributed by atoms with E-state index in [9.17, 15) is 4.79 Å². The normalized spacial score (nSPS) is 38.7. The molecule has 3 heteroatoms. The summed E-state index contributed by atoms with van der Waals surface area (Å²) in [7, 11) is 0. The minimum atomic E-state index is -0.208. The van der Waals surface area contributed by atoms with Crippen LogP contribution < -0.4 is 0 Å². The van der Waals surface area contributed by atoms with Crippen LogP contribution in [-0.4, -0.2) is 28.7 Å². The number of rotatable bonds is 0. The lowest BCUT2D eigenvalue weighted by atomic mass is 9.89. The van der Waals surface area contributed by atoms with Gasteiger partial charge in [-0.05, 0) is 39.0 Å². The molecule has 2 heterocycles. The highest BCUT2D eigenvalue weighted by Crippen LogP contribution is 2.49. The van der Waals surface area contributed by atoms with Crippen LogP contribution in [0.25, 0.3) is 0 Å². The Hall–Kier alpha value is -0.570. The van der Waals surface area contributed by atoms with Crippen LogP contribution in [0, 0.1) is 0 Å². The van der Waals surface area contributed by atoms with Gasteiger partial charge in [0.2, 0.25) is 5.91 Å². The Morgan fingerprint density at radius 2 is 1.93 bits per heavy atom. The zero-order chi connectivity index (χ0) is 10.5. The van der Waals surface area contributed by atoms with Crippen LogP contribution in [0.5, 0.6) is 0 Å². The molecule has 0 aromatic rings. The molecule has 0 radical (unpaired) electrons. The van der Waals surface area contributed by atoms with Gasteiger partial charge < -0.3 is 9.64 Å². The molecule has 1 spiro atoms. The molecule has 0 bridgehead atoms. The van der Waals surface area contributed by atoms with Crippen molar-refractivity contribution >= 4 is 5.91 Å². The van der Waals surface area contributed by atoms with E-state index in [-0.39, 0.29) is 11.3 Å². The van der Waals surface area contributed by atoms with Crippen LogP contribution in [0.15, 0.2) is 0 Å². The first-order valence-corrected chi connectivity index (χ1v) is 6.14. The summed E-state index contributed by atoms with van der Waals surface area (Å²) in [5, 5.41) is 0. The summed E-state index contributed by atoms with van der Waals surface area (Å²) < 4.78 is 6.03.